The second-order valence-electron chi connectivity index (χ2n) is 11.7. The van der Waals surface area contributed by atoms with Crippen LogP contribution < -0.4 is 4.74 Å². The van der Waals surface area contributed by atoms with Crippen LogP contribution >= 0.6 is 0 Å². The molecule has 0 bridgehead atoms. The SMILES string of the molecule is c1ccc2c(c1)Oc1ccc(-c3ccc4c(c3)c3ccc5ccccc5c3n4-c3cccc4ccccc34)c3cccc-2c13. The Balaban J connectivity index is 1.29. The molecule has 44 heavy (non-hydrogen) atoms. The lowest BCUT2D eigenvalue weighted by atomic mass is 9.90. The number of ether oxygens (including phenoxy) is 1. The Morgan fingerprint density at radius 1 is 0.409 bits per heavy atom. The third-order valence-electron chi connectivity index (χ3n) is 9.37. The van der Waals surface area contributed by atoms with E-state index in [4.69, 9.17) is 4.74 Å². The van der Waals surface area contributed by atoms with Crippen LogP contribution in [0.4, 0.5) is 0 Å². The van der Waals surface area contributed by atoms with E-state index in [2.05, 4.69) is 144 Å². The van der Waals surface area contributed by atoms with E-state index in [-0.39, 0.29) is 0 Å². The minimum absolute atomic E-state index is 0.912. The van der Waals surface area contributed by atoms with Gasteiger partial charge in [-0.25, -0.2) is 0 Å². The third kappa shape index (κ3) is 3.20. The van der Waals surface area contributed by atoms with Crippen LogP contribution in [-0.4, -0.2) is 4.57 Å². The summed E-state index contributed by atoms with van der Waals surface area (Å²) in [6.07, 6.45) is 0. The third-order valence-corrected chi connectivity index (χ3v) is 9.37. The first kappa shape index (κ1) is 23.7. The molecule has 1 aliphatic heterocycles. The minimum Gasteiger partial charge on any atom is -0.456 e. The van der Waals surface area contributed by atoms with Crippen molar-refractivity contribution in [3.8, 4) is 39.4 Å². The quantitative estimate of drug-likeness (QED) is 0.205. The summed E-state index contributed by atoms with van der Waals surface area (Å²) >= 11 is 0. The zero-order valence-corrected chi connectivity index (χ0v) is 23.8. The first-order chi connectivity index (χ1) is 21.8. The van der Waals surface area contributed by atoms with Gasteiger partial charge in [-0.3, -0.25) is 0 Å². The lowest BCUT2D eigenvalue weighted by Crippen LogP contribution is -1.97. The minimum atomic E-state index is 0.912. The number of para-hydroxylation sites is 1. The van der Waals surface area contributed by atoms with Crippen LogP contribution in [-0.2, 0) is 0 Å². The number of hydrogen-bond acceptors (Lipinski definition) is 1. The van der Waals surface area contributed by atoms with Crippen LogP contribution in [0.5, 0.6) is 11.5 Å². The standard InChI is InChI=1S/C42H25NO/c1-3-12-30-26(9-1)11-7-17-37(30)43-38-23-20-28(25-36(38)35-21-19-27-10-2-4-13-31(27)42(35)43)29-22-24-40-41-33(29)15-8-16-34(41)32-14-5-6-18-39(32)44-40/h1-25H. The number of rotatable bonds is 2. The van der Waals surface area contributed by atoms with E-state index in [1.807, 2.05) is 12.1 Å². The van der Waals surface area contributed by atoms with Gasteiger partial charge in [0, 0.05) is 32.5 Å². The Kier molecular flexibility index (Phi) is 4.75. The summed E-state index contributed by atoms with van der Waals surface area (Å²) in [4.78, 5) is 0. The van der Waals surface area contributed by atoms with Crippen molar-refractivity contribution in [2.45, 2.75) is 0 Å². The van der Waals surface area contributed by atoms with Crippen LogP contribution in [0.1, 0.15) is 0 Å². The monoisotopic (exact) mass is 559 g/mol. The van der Waals surface area contributed by atoms with Crippen molar-refractivity contribution in [2.24, 2.45) is 0 Å². The molecule has 0 saturated carbocycles. The van der Waals surface area contributed by atoms with Gasteiger partial charge in [0.1, 0.15) is 11.5 Å². The van der Waals surface area contributed by atoms with E-state index in [9.17, 15) is 0 Å². The van der Waals surface area contributed by atoms with Crippen LogP contribution in [0, 0.1) is 0 Å². The number of hydrogen-bond donors (Lipinski definition) is 0. The second-order valence-corrected chi connectivity index (χ2v) is 11.7. The summed E-state index contributed by atoms with van der Waals surface area (Å²) in [5, 5.41) is 9.87. The zero-order chi connectivity index (χ0) is 28.8. The van der Waals surface area contributed by atoms with Gasteiger partial charge in [0.25, 0.3) is 0 Å². The molecule has 0 unspecified atom stereocenters. The maximum absolute atomic E-state index is 6.39. The zero-order valence-electron chi connectivity index (χ0n) is 23.8. The van der Waals surface area contributed by atoms with Gasteiger partial charge in [-0.05, 0) is 63.2 Å². The molecule has 0 radical (unpaired) electrons. The Labute approximate surface area is 254 Å². The Morgan fingerprint density at radius 3 is 2.07 bits per heavy atom. The van der Waals surface area contributed by atoms with Crippen LogP contribution in [0.3, 0.4) is 0 Å². The highest BCUT2D eigenvalue weighted by atomic mass is 16.5. The molecule has 2 nitrogen and oxygen atoms in total. The second kappa shape index (κ2) is 8.82. The predicted octanol–water partition coefficient (Wildman–Crippen LogP) is 11.7. The molecular formula is C42H25NO. The fraction of sp³-hybridized carbons (Fsp3) is 0. The fourth-order valence-electron chi connectivity index (χ4n) is 7.43. The van der Waals surface area contributed by atoms with Gasteiger partial charge in [0.05, 0.1) is 16.7 Å². The van der Waals surface area contributed by atoms with E-state index in [1.165, 1.54) is 76.5 Å². The Bertz CT molecular complexity index is 2640. The maximum Gasteiger partial charge on any atom is 0.135 e. The number of aromatic nitrogens is 1. The van der Waals surface area contributed by atoms with E-state index >= 15 is 0 Å². The van der Waals surface area contributed by atoms with Crippen molar-refractivity contribution in [3.63, 3.8) is 0 Å². The predicted molar refractivity (Wildman–Crippen MR) is 184 cm³/mol. The number of fused-ring (bicyclic) bond motifs is 8. The molecule has 0 atom stereocenters. The number of nitrogens with zero attached hydrogens (tertiary/aromatic N) is 1. The van der Waals surface area contributed by atoms with E-state index in [0.717, 1.165) is 17.1 Å². The van der Waals surface area contributed by atoms with Crippen LogP contribution in [0.25, 0.3) is 82.1 Å². The summed E-state index contributed by atoms with van der Waals surface area (Å²) in [5.41, 5.74) is 8.42. The van der Waals surface area contributed by atoms with Crippen LogP contribution in [0.2, 0.25) is 0 Å². The summed E-state index contributed by atoms with van der Waals surface area (Å²) in [5.74, 6) is 1.83. The average Bonchev–Trinajstić information content (AvgIpc) is 3.42. The van der Waals surface area contributed by atoms with Gasteiger partial charge in [0.2, 0.25) is 0 Å². The molecule has 1 aromatic heterocycles. The van der Waals surface area contributed by atoms with Gasteiger partial charge in [-0.15, -0.1) is 0 Å². The molecule has 0 fully saturated rings. The molecule has 0 saturated heterocycles. The molecule has 0 spiro atoms. The summed E-state index contributed by atoms with van der Waals surface area (Å²) in [6, 6.07) is 54.8. The maximum atomic E-state index is 6.39. The molecule has 0 aliphatic carbocycles. The molecule has 0 amide bonds. The summed E-state index contributed by atoms with van der Waals surface area (Å²) in [7, 11) is 0. The van der Waals surface area contributed by atoms with E-state index in [1.54, 1.807) is 0 Å². The van der Waals surface area contributed by atoms with Crippen molar-refractivity contribution in [1.29, 1.82) is 0 Å². The van der Waals surface area contributed by atoms with Gasteiger partial charge in [0.15, 0.2) is 0 Å². The first-order valence-electron chi connectivity index (χ1n) is 15.1. The van der Waals surface area contributed by atoms with Gasteiger partial charge in [-0.2, -0.15) is 0 Å². The van der Waals surface area contributed by atoms with Gasteiger partial charge < -0.3 is 9.30 Å². The molecule has 8 aromatic carbocycles. The summed E-state index contributed by atoms with van der Waals surface area (Å²) < 4.78 is 8.87. The molecule has 1 aliphatic rings. The normalized spacial score (nSPS) is 12.3. The summed E-state index contributed by atoms with van der Waals surface area (Å²) in [6.45, 7) is 0. The van der Waals surface area contributed by atoms with Gasteiger partial charge >= 0.3 is 0 Å². The topological polar surface area (TPSA) is 14.2 Å². The Morgan fingerprint density at radius 2 is 1.14 bits per heavy atom. The van der Waals surface area contributed by atoms with Crippen molar-refractivity contribution >= 4 is 54.1 Å². The average molecular weight is 560 g/mol. The number of benzene rings is 8. The highest BCUT2D eigenvalue weighted by Crippen LogP contribution is 2.49. The fourth-order valence-corrected chi connectivity index (χ4v) is 7.43. The van der Waals surface area contributed by atoms with E-state index in [0.29, 0.717) is 0 Å². The highest BCUT2D eigenvalue weighted by Gasteiger charge is 2.22. The molecule has 2 heteroatoms. The molecule has 9 aromatic rings. The van der Waals surface area contributed by atoms with E-state index < -0.39 is 0 Å². The van der Waals surface area contributed by atoms with Crippen LogP contribution in [0.15, 0.2) is 152 Å². The molecule has 2 heterocycles. The lowest BCUT2D eigenvalue weighted by molar-refractivity contribution is 0.487. The highest BCUT2D eigenvalue weighted by molar-refractivity contribution is 6.20. The van der Waals surface area contributed by atoms with Gasteiger partial charge in [-0.1, -0.05) is 121 Å². The van der Waals surface area contributed by atoms with Crippen molar-refractivity contribution < 1.29 is 4.74 Å². The molecule has 0 N–H and O–H groups in total. The lowest BCUT2D eigenvalue weighted by Gasteiger charge is -2.22. The first-order valence-corrected chi connectivity index (χ1v) is 15.1. The molecule has 10 rings (SSSR count). The molecular weight excluding hydrogens is 534 g/mol. The van der Waals surface area contributed by atoms with Crippen molar-refractivity contribution in [1.82, 2.24) is 4.57 Å². The van der Waals surface area contributed by atoms with Crippen molar-refractivity contribution in [2.75, 3.05) is 0 Å². The Hall–Kier alpha value is -5.86. The molecule has 204 valence electrons. The van der Waals surface area contributed by atoms with Crippen molar-refractivity contribution in [3.05, 3.63) is 152 Å². The smallest absolute Gasteiger partial charge is 0.135 e. The largest absolute Gasteiger partial charge is 0.456 e.